The van der Waals surface area contributed by atoms with E-state index in [2.05, 4.69) is 6.07 Å². The van der Waals surface area contributed by atoms with Crippen LogP contribution in [0.5, 0.6) is 5.75 Å². The number of ether oxygens (including phenoxy) is 1. The Bertz CT molecular complexity index is 799. The van der Waals surface area contributed by atoms with Crippen LogP contribution in [-0.2, 0) is 11.2 Å². The number of methoxy groups -OCH3 is 1. The number of rotatable bonds is 2. The van der Waals surface area contributed by atoms with Gasteiger partial charge in [-0.05, 0) is 35.2 Å². The first-order valence-corrected chi connectivity index (χ1v) is 7.76. The van der Waals surface area contributed by atoms with Crippen LogP contribution in [0.15, 0.2) is 42.5 Å². The molecule has 2 aromatic rings. The molecule has 0 aromatic heterocycles. The molecule has 2 aliphatic rings. The lowest BCUT2D eigenvalue weighted by molar-refractivity contribution is -0.110. The molecule has 2 atom stereocenters. The third kappa shape index (κ3) is 1.98. The van der Waals surface area contributed by atoms with Crippen molar-refractivity contribution in [3.05, 3.63) is 64.7 Å². The van der Waals surface area contributed by atoms with E-state index in [1.165, 1.54) is 5.56 Å². The lowest BCUT2D eigenvalue weighted by Gasteiger charge is -2.44. The summed E-state index contributed by atoms with van der Waals surface area (Å²) in [5, 5.41) is 0. The lowest BCUT2D eigenvalue weighted by atomic mass is 9.77. The number of fused-ring (bicyclic) bond motifs is 4. The molecule has 0 spiro atoms. The first-order chi connectivity index (χ1) is 11.2. The van der Waals surface area contributed by atoms with Crippen molar-refractivity contribution in [3.63, 3.8) is 0 Å². The Morgan fingerprint density at radius 2 is 2.00 bits per heavy atom. The smallest absolute Gasteiger partial charge is 0.254 e. The molecule has 2 aromatic carbocycles. The fourth-order valence-electron chi connectivity index (χ4n) is 3.82. The highest BCUT2D eigenvalue weighted by Crippen LogP contribution is 2.45. The summed E-state index contributed by atoms with van der Waals surface area (Å²) in [5.41, 5.74) is 3.69. The van der Waals surface area contributed by atoms with Gasteiger partial charge in [-0.3, -0.25) is 4.79 Å². The van der Waals surface area contributed by atoms with Crippen molar-refractivity contribution >= 4 is 12.2 Å². The fraction of sp³-hybridized carbons (Fsp3) is 0.263. The zero-order valence-corrected chi connectivity index (χ0v) is 12.9. The minimum Gasteiger partial charge on any atom is -0.497 e. The predicted molar refractivity (Wildman–Crippen MR) is 85.7 cm³/mol. The van der Waals surface area contributed by atoms with Crippen molar-refractivity contribution < 1.29 is 14.3 Å². The zero-order valence-electron chi connectivity index (χ0n) is 12.9. The quantitative estimate of drug-likeness (QED) is 0.802. The molecule has 2 unspecified atom stereocenters. The van der Waals surface area contributed by atoms with Crippen molar-refractivity contribution in [2.75, 3.05) is 13.7 Å². The highest BCUT2D eigenvalue weighted by molar-refractivity contribution is 6.00. The predicted octanol–water partition coefficient (Wildman–Crippen LogP) is 2.73. The number of nitrogens with zero attached hydrogens (tertiary/aromatic N) is 1. The van der Waals surface area contributed by atoms with Gasteiger partial charge in [-0.25, -0.2) is 0 Å². The van der Waals surface area contributed by atoms with Crippen LogP contribution in [-0.4, -0.2) is 30.7 Å². The maximum atomic E-state index is 12.9. The largest absolute Gasteiger partial charge is 0.497 e. The van der Waals surface area contributed by atoms with Gasteiger partial charge in [-0.15, -0.1) is 0 Å². The highest BCUT2D eigenvalue weighted by atomic mass is 16.5. The number of hydrogen-bond donors (Lipinski definition) is 0. The van der Waals surface area contributed by atoms with Crippen LogP contribution in [0.2, 0.25) is 0 Å². The first kappa shape index (κ1) is 14.0. The van der Waals surface area contributed by atoms with Crippen LogP contribution in [0.25, 0.3) is 0 Å². The van der Waals surface area contributed by atoms with Crippen LogP contribution in [0.3, 0.4) is 0 Å². The van der Waals surface area contributed by atoms with Gasteiger partial charge in [-0.1, -0.05) is 30.3 Å². The van der Waals surface area contributed by atoms with E-state index in [0.717, 1.165) is 23.8 Å². The minimum atomic E-state index is -0.338. The number of aldehydes is 1. The van der Waals surface area contributed by atoms with Gasteiger partial charge in [0.05, 0.1) is 19.1 Å². The Morgan fingerprint density at radius 1 is 1.17 bits per heavy atom. The zero-order chi connectivity index (χ0) is 16.0. The van der Waals surface area contributed by atoms with Crippen molar-refractivity contribution in [3.8, 4) is 5.75 Å². The normalized spacial score (nSPS) is 22.0. The number of benzene rings is 2. The maximum Gasteiger partial charge on any atom is 0.254 e. The Hall–Kier alpha value is -2.62. The molecule has 0 N–H and O–H groups in total. The highest BCUT2D eigenvalue weighted by Gasteiger charge is 2.43. The third-order valence-corrected chi connectivity index (χ3v) is 4.93. The standard InChI is InChI=1S/C19H17NO3/c1-23-13-6-7-15-16(10-13)19(22)20-9-8-12-4-2-3-5-14(12)18(20)17(15)11-21/h2-7,10-11,17-18H,8-9H2,1H3. The topological polar surface area (TPSA) is 46.6 Å². The Balaban J connectivity index is 1.91. The molecule has 0 radical (unpaired) electrons. The van der Waals surface area contributed by atoms with Crippen molar-refractivity contribution in [1.29, 1.82) is 0 Å². The molecule has 0 saturated heterocycles. The molecule has 0 saturated carbocycles. The summed E-state index contributed by atoms with van der Waals surface area (Å²) in [6, 6.07) is 13.3. The van der Waals surface area contributed by atoms with Crippen molar-refractivity contribution in [2.45, 2.75) is 18.4 Å². The van der Waals surface area contributed by atoms with Crippen molar-refractivity contribution in [2.24, 2.45) is 0 Å². The molecule has 4 heteroatoms. The molecule has 2 aliphatic heterocycles. The van der Waals surface area contributed by atoms with Crippen LogP contribution < -0.4 is 4.74 Å². The number of carbonyl (C=O) groups is 2. The molecular formula is C19H17NO3. The molecular weight excluding hydrogens is 290 g/mol. The SMILES string of the molecule is COc1ccc2c(c1)C(=O)N1CCc3ccccc3C1C2C=O. The van der Waals surface area contributed by atoms with E-state index >= 15 is 0 Å². The summed E-state index contributed by atoms with van der Waals surface area (Å²) in [7, 11) is 1.58. The lowest BCUT2D eigenvalue weighted by Crippen LogP contribution is -2.46. The molecule has 0 bridgehead atoms. The molecule has 4 nitrogen and oxygen atoms in total. The van der Waals surface area contributed by atoms with Crippen LogP contribution in [0.1, 0.15) is 39.0 Å². The van der Waals surface area contributed by atoms with E-state index in [-0.39, 0.29) is 17.9 Å². The van der Waals surface area contributed by atoms with Crippen LogP contribution >= 0.6 is 0 Å². The maximum absolute atomic E-state index is 12.9. The molecule has 0 fully saturated rings. The molecule has 4 rings (SSSR count). The monoisotopic (exact) mass is 307 g/mol. The summed E-state index contributed by atoms with van der Waals surface area (Å²) in [5.74, 6) is 0.282. The van der Waals surface area contributed by atoms with Crippen LogP contribution in [0, 0.1) is 0 Å². The number of amides is 1. The molecule has 0 aliphatic carbocycles. The van der Waals surface area contributed by atoms with E-state index in [1.54, 1.807) is 13.2 Å². The van der Waals surface area contributed by atoms with Gasteiger partial charge in [0.2, 0.25) is 0 Å². The van der Waals surface area contributed by atoms with E-state index in [9.17, 15) is 9.59 Å². The molecule has 2 heterocycles. The second-order valence-corrected chi connectivity index (χ2v) is 6.01. The summed E-state index contributed by atoms with van der Waals surface area (Å²) in [6.45, 7) is 0.640. The van der Waals surface area contributed by atoms with Gasteiger partial charge in [0.15, 0.2) is 0 Å². The average Bonchev–Trinajstić information content (AvgIpc) is 2.61. The summed E-state index contributed by atoms with van der Waals surface area (Å²) in [6.07, 6.45) is 1.79. The second-order valence-electron chi connectivity index (χ2n) is 6.01. The minimum absolute atomic E-state index is 0.0171. The first-order valence-electron chi connectivity index (χ1n) is 7.76. The van der Waals surface area contributed by atoms with Crippen molar-refractivity contribution in [1.82, 2.24) is 4.90 Å². The van der Waals surface area contributed by atoms with Gasteiger partial charge in [0.25, 0.3) is 5.91 Å². The molecule has 116 valence electrons. The Morgan fingerprint density at radius 3 is 2.78 bits per heavy atom. The fourth-order valence-corrected chi connectivity index (χ4v) is 3.82. The Kier molecular flexibility index (Phi) is 3.18. The van der Waals surface area contributed by atoms with Gasteiger partial charge in [0.1, 0.15) is 12.0 Å². The molecule has 23 heavy (non-hydrogen) atoms. The van der Waals surface area contributed by atoms with Crippen LogP contribution in [0.4, 0.5) is 0 Å². The van der Waals surface area contributed by atoms with Gasteiger partial charge in [-0.2, -0.15) is 0 Å². The average molecular weight is 307 g/mol. The van der Waals surface area contributed by atoms with Gasteiger partial charge < -0.3 is 14.4 Å². The number of hydrogen-bond acceptors (Lipinski definition) is 3. The second kappa shape index (κ2) is 5.23. The number of carbonyl (C=O) groups excluding carboxylic acids is 2. The van der Waals surface area contributed by atoms with E-state index < -0.39 is 0 Å². The Labute approximate surface area is 134 Å². The summed E-state index contributed by atoms with van der Waals surface area (Å²) < 4.78 is 5.23. The van der Waals surface area contributed by atoms with E-state index in [0.29, 0.717) is 17.9 Å². The van der Waals surface area contributed by atoms with Gasteiger partial charge in [0, 0.05) is 12.1 Å². The van der Waals surface area contributed by atoms with E-state index in [4.69, 9.17) is 4.74 Å². The summed E-state index contributed by atoms with van der Waals surface area (Å²) >= 11 is 0. The van der Waals surface area contributed by atoms with E-state index in [1.807, 2.05) is 35.2 Å². The third-order valence-electron chi connectivity index (χ3n) is 4.93. The summed E-state index contributed by atoms with van der Waals surface area (Å²) in [4.78, 5) is 26.7. The van der Waals surface area contributed by atoms with Gasteiger partial charge >= 0.3 is 0 Å². The molecule has 1 amide bonds.